The van der Waals surface area contributed by atoms with Crippen LogP contribution in [0, 0.1) is 5.92 Å². The van der Waals surface area contributed by atoms with Crippen LogP contribution in [0.4, 0.5) is 11.4 Å². The summed E-state index contributed by atoms with van der Waals surface area (Å²) < 4.78 is 71.6. The number of aliphatic hydroxyl groups excluding tert-OH is 1. The fourth-order valence-corrected chi connectivity index (χ4v) is 10.2. The molecule has 6 rings (SSSR count). The number of allylic oxidation sites excluding steroid dienone is 8. The Morgan fingerprint density at radius 3 is 1.56 bits per heavy atom. The zero-order valence-corrected chi connectivity index (χ0v) is 34.3. The quantitative estimate of drug-likeness (QED) is 0.178. The Balaban J connectivity index is 1.39. The molecule has 3 heterocycles. The standard InChI is InChI=1S/C43H57N3O7S2/c1-42(2)35-13-5-7-15-37(35)45(25-10-30-54(48,49)50)39(42)21-19-33-17-18-34(41(33)44-27-23-32(24-28-44)12-9-29-47)20-22-40-43(3,4)36-14-6-8-16-38(36)46(40)26-11-31-55(51,52)53/h5-8,13-16,19-22,32,47H,9-12,17-18,23-31H2,1-4H3,(H-,48,49,50,51,52,53)/p-1. The number of nitrogens with zero attached hydrogens (tertiary/aromatic N) is 3. The molecule has 55 heavy (non-hydrogen) atoms. The third-order valence-corrected chi connectivity index (χ3v) is 13.6. The Morgan fingerprint density at radius 1 is 0.709 bits per heavy atom. The summed E-state index contributed by atoms with van der Waals surface area (Å²) in [6.45, 7) is 11.7. The van der Waals surface area contributed by atoms with Gasteiger partial charge in [0, 0.05) is 88.8 Å². The molecule has 2 aromatic rings. The molecule has 1 saturated heterocycles. The van der Waals surface area contributed by atoms with Gasteiger partial charge < -0.3 is 24.0 Å². The van der Waals surface area contributed by atoms with E-state index in [0.717, 1.165) is 85.5 Å². The molecule has 0 atom stereocenters. The van der Waals surface area contributed by atoms with E-state index in [1.807, 2.05) is 24.3 Å². The second-order valence-electron chi connectivity index (χ2n) is 16.5. The lowest BCUT2D eigenvalue weighted by Crippen LogP contribution is -2.31. The van der Waals surface area contributed by atoms with Gasteiger partial charge in [-0.05, 0) is 79.9 Å². The van der Waals surface area contributed by atoms with E-state index in [0.29, 0.717) is 19.0 Å². The Bertz CT molecular complexity index is 2000. The SMILES string of the molecule is CC1(C)/C(=C\C=C2/CC/C(=C\C=C3\N(CCCS(=O)(=O)[O-])c4ccccc4C3(C)C)C2=[N+]2CCC(CCCO)CC2)N(CCCS(=O)(=O)[O-])c2ccccc21. The molecule has 0 amide bonds. The predicted molar refractivity (Wildman–Crippen MR) is 218 cm³/mol. The van der Waals surface area contributed by atoms with Crippen LogP contribution in [-0.4, -0.2) is 85.6 Å². The third kappa shape index (κ3) is 9.20. The molecule has 0 unspecified atom stereocenters. The minimum Gasteiger partial charge on any atom is -0.748 e. The molecule has 0 radical (unpaired) electrons. The van der Waals surface area contributed by atoms with E-state index in [9.17, 15) is 31.0 Å². The molecule has 1 N–H and O–H groups in total. The maximum Gasteiger partial charge on any atom is 0.206 e. The van der Waals surface area contributed by atoms with Crippen molar-refractivity contribution in [3.05, 3.63) is 107 Å². The number of fused-ring (bicyclic) bond motifs is 2. The van der Waals surface area contributed by atoms with Gasteiger partial charge in [-0.2, -0.15) is 0 Å². The molecule has 298 valence electrons. The van der Waals surface area contributed by atoms with Crippen molar-refractivity contribution >= 4 is 37.3 Å². The number of piperidine rings is 1. The van der Waals surface area contributed by atoms with E-state index in [1.54, 1.807) is 0 Å². The summed E-state index contributed by atoms with van der Waals surface area (Å²) in [5.41, 5.74) is 9.56. The van der Waals surface area contributed by atoms with Crippen molar-refractivity contribution < 1.29 is 35.6 Å². The molecule has 3 aliphatic heterocycles. The van der Waals surface area contributed by atoms with Gasteiger partial charge in [-0.15, -0.1) is 0 Å². The highest BCUT2D eigenvalue weighted by Crippen LogP contribution is 2.49. The summed E-state index contributed by atoms with van der Waals surface area (Å²) in [5.74, 6) is -0.233. The van der Waals surface area contributed by atoms with Gasteiger partial charge in [0.1, 0.15) is 13.1 Å². The maximum absolute atomic E-state index is 11.5. The van der Waals surface area contributed by atoms with Crippen molar-refractivity contribution in [2.24, 2.45) is 5.92 Å². The minimum atomic E-state index is -4.33. The summed E-state index contributed by atoms with van der Waals surface area (Å²) in [6, 6.07) is 16.4. The van der Waals surface area contributed by atoms with E-state index >= 15 is 0 Å². The summed E-state index contributed by atoms with van der Waals surface area (Å²) >= 11 is 0. The number of benzene rings is 2. The number of rotatable bonds is 13. The Kier molecular flexibility index (Phi) is 12.3. The smallest absolute Gasteiger partial charge is 0.206 e. The minimum absolute atomic E-state index is 0.217. The molecule has 0 bridgehead atoms. The van der Waals surface area contributed by atoms with Crippen molar-refractivity contribution in [2.75, 3.05) is 54.1 Å². The summed E-state index contributed by atoms with van der Waals surface area (Å²) in [5, 5.41) is 9.45. The predicted octanol–water partition coefficient (Wildman–Crippen LogP) is 6.50. The normalized spacial score (nSPS) is 23.8. The molecular formula is C43H56N3O7S2-. The second kappa shape index (κ2) is 16.5. The van der Waals surface area contributed by atoms with E-state index in [2.05, 4.69) is 90.6 Å². The van der Waals surface area contributed by atoms with Crippen LogP contribution in [0.5, 0.6) is 0 Å². The van der Waals surface area contributed by atoms with Gasteiger partial charge in [-0.25, -0.2) is 21.4 Å². The molecule has 2 fully saturated rings. The van der Waals surface area contributed by atoms with Crippen LogP contribution in [0.2, 0.25) is 0 Å². The number of aliphatic hydroxyl groups is 1. The van der Waals surface area contributed by atoms with Crippen LogP contribution in [0.1, 0.15) is 90.2 Å². The van der Waals surface area contributed by atoms with Crippen molar-refractivity contribution in [1.29, 1.82) is 0 Å². The Labute approximate surface area is 328 Å². The van der Waals surface area contributed by atoms with Crippen molar-refractivity contribution in [3.63, 3.8) is 0 Å². The lowest BCUT2D eigenvalue weighted by Gasteiger charge is -2.27. The average molecular weight is 791 g/mol. The molecular weight excluding hydrogens is 735 g/mol. The number of anilines is 2. The summed E-state index contributed by atoms with van der Waals surface area (Å²) in [6.07, 6.45) is 15.0. The molecule has 2 aromatic carbocycles. The number of para-hydroxylation sites is 2. The van der Waals surface area contributed by atoms with Crippen LogP contribution >= 0.6 is 0 Å². The molecule has 1 saturated carbocycles. The first kappa shape index (κ1) is 41.1. The van der Waals surface area contributed by atoms with E-state index in [1.165, 1.54) is 16.9 Å². The third-order valence-electron chi connectivity index (χ3n) is 12.0. The van der Waals surface area contributed by atoms with Crippen LogP contribution in [0.3, 0.4) is 0 Å². The van der Waals surface area contributed by atoms with Crippen LogP contribution in [-0.2, 0) is 31.1 Å². The molecule has 0 aromatic heterocycles. The first-order valence-electron chi connectivity index (χ1n) is 19.7. The lowest BCUT2D eigenvalue weighted by molar-refractivity contribution is -0.540. The van der Waals surface area contributed by atoms with Crippen LogP contribution in [0.25, 0.3) is 0 Å². The fraction of sp³-hybridized carbons (Fsp3) is 0.512. The van der Waals surface area contributed by atoms with Gasteiger partial charge in [0.15, 0.2) is 0 Å². The zero-order valence-electron chi connectivity index (χ0n) is 32.7. The highest BCUT2D eigenvalue weighted by molar-refractivity contribution is 7.85. The van der Waals surface area contributed by atoms with Gasteiger partial charge in [-0.3, -0.25) is 0 Å². The fourth-order valence-electron chi connectivity index (χ4n) is 9.19. The van der Waals surface area contributed by atoms with Crippen molar-refractivity contribution in [2.45, 2.75) is 89.9 Å². The van der Waals surface area contributed by atoms with E-state index in [4.69, 9.17) is 0 Å². The largest absolute Gasteiger partial charge is 0.748 e. The number of hydrogen-bond acceptors (Lipinski definition) is 9. The first-order valence-corrected chi connectivity index (χ1v) is 22.8. The Morgan fingerprint density at radius 2 is 1.15 bits per heavy atom. The lowest BCUT2D eigenvalue weighted by atomic mass is 9.83. The van der Waals surface area contributed by atoms with Gasteiger partial charge in [0.05, 0.1) is 20.2 Å². The van der Waals surface area contributed by atoms with E-state index < -0.39 is 31.7 Å². The second-order valence-corrected chi connectivity index (χ2v) is 19.5. The molecule has 4 aliphatic rings. The Hall–Kier alpha value is -3.55. The highest BCUT2D eigenvalue weighted by Gasteiger charge is 2.41. The molecule has 0 spiro atoms. The van der Waals surface area contributed by atoms with Crippen LogP contribution in [0.15, 0.2) is 95.4 Å². The maximum atomic E-state index is 11.5. The first-order chi connectivity index (χ1) is 26.0. The van der Waals surface area contributed by atoms with Gasteiger partial charge in [0.25, 0.3) is 0 Å². The van der Waals surface area contributed by atoms with Gasteiger partial charge in [-0.1, -0.05) is 76.2 Å². The zero-order chi connectivity index (χ0) is 39.6. The van der Waals surface area contributed by atoms with Crippen molar-refractivity contribution in [1.82, 2.24) is 0 Å². The molecule has 1 aliphatic carbocycles. The van der Waals surface area contributed by atoms with Gasteiger partial charge >= 0.3 is 0 Å². The van der Waals surface area contributed by atoms with Crippen LogP contribution < -0.4 is 9.80 Å². The average Bonchev–Trinajstić information content (AvgIpc) is 3.70. The number of hydrogen-bond donors (Lipinski definition) is 1. The topological polar surface area (TPSA) is 144 Å². The van der Waals surface area contributed by atoms with Crippen molar-refractivity contribution in [3.8, 4) is 0 Å². The highest BCUT2D eigenvalue weighted by atomic mass is 32.2. The summed E-state index contributed by atoms with van der Waals surface area (Å²) in [4.78, 5) is 4.35. The van der Waals surface area contributed by atoms with Gasteiger partial charge in [0.2, 0.25) is 5.71 Å². The monoisotopic (exact) mass is 790 g/mol. The molecule has 12 heteroatoms. The van der Waals surface area contributed by atoms with E-state index in [-0.39, 0.29) is 30.3 Å². The summed E-state index contributed by atoms with van der Waals surface area (Å²) in [7, 11) is -8.66. The molecule has 10 nitrogen and oxygen atoms in total.